The normalized spacial score (nSPS) is 15.5. The molecule has 3 rings (SSSR count). The summed E-state index contributed by atoms with van der Waals surface area (Å²) < 4.78 is 39.1. The van der Waals surface area contributed by atoms with Crippen molar-refractivity contribution in [3.8, 4) is 0 Å². The second kappa shape index (κ2) is 10.3. The molecule has 1 unspecified atom stereocenters. The molecule has 0 fully saturated rings. The third-order valence-electron chi connectivity index (χ3n) is 5.79. The van der Waals surface area contributed by atoms with Crippen molar-refractivity contribution in [3.05, 3.63) is 48.5 Å². The zero-order valence-electron chi connectivity index (χ0n) is 19.1. The SMILES string of the molecule is CC(C)[C@H](CC(=O)N1c2ccccc2S(=O)(=O)c2ccccc21)C(=O)NC(CC(=O)O)C(=O)CF. The van der Waals surface area contributed by atoms with E-state index in [0.29, 0.717) is 0 Å². The molecular formula is C24H25FN2O7S. The van der Waals surface area contributed by atoms with Crippen LogP contribution in [0.15, 0.2) is 58.3 Å². The summed E-state index contributed by atoms with van der Waals surface area (Å²) in [6, 6.07) is 10.5. The number of halogens is 1. The molecule has 2 amide bonds. The second-order valence-corrected chi connectivity index (χ2v) is 10.4. The van der Waals surface area contributed by atoms with Crippen molar-refractivity contribution < 1.29 is 37.1 Å². The van der Waals surface area contributed by atoms with Crippen molar-refractivity contribution >= 4 is 44.8 Å². The van der Waals surface area contributed by atoms with E-state index >= 15 is 0 Å². The number of aliphatic carboxylic acids is 1. The lowest BCUT2D eigenvalue weighted by Gasteiger charge is -2.32. The van der Waals surface area contributed by atoms with Crippen LogP contribution in [0.3, 0.4) is 0 Å². The smallest absolute Gasteiger partial charge is 0.305 e. The van der Waals surface area contributed by atoms with Crippen molar-refractivity contribution in [2.45, 2.75) is 42.5 Å². The first kappa shape index (κ1) is 26.0. The minimum atomic E-state index is -3.87. The lowest BCUT2D eigenvalue weighted by Crippen LogP contribution is -2.47. The summed E-state index contributed by atoms with van der Waals surface area (Å²) in [7, 11) is -3.87. The third-order valence-corrected chi connectivity index (χ3v) is 7.64. The number of carboxylic acid groups (broad SMARTS) is 1. The van der Waals surface area contributed by atoms with E-state index in [-0.39, 0.29) is 27.6 Å². The van der Waals surface area contributed by atoms with Gasteiger partial charge in [0.2, 0.25) is 21.7 Å². The Balaban J connectivity index is 1.94. The van der Waals surface area contributed by atoms with Crippen LogP contribution in [0.25, 0.3) is 0 Å². The fourth-order valence-corrected chi connectivity index (χ4v) is 5.58. The minimum absolute atomic E-state index is 0.0485. The highest BCUT2D eigenvalue weighted by Crippen LogP contribution is 2.44. The Bertz CT molecular complexity index is 1220. The molecule has 1 heterocycles. The first-order valence-corrected chi connectivity index (χ1v) is 12.3. The van der Waals surface area contributed by atoms with Crippen LogP contribution in [0, 0.1) is 11.8 Å². The number of alkyl halides is 1. The summed E-state index contributed by atoms with van der Waals surface area (Å²) >= 11 is 0. The molecule has 2 N–H and O–H groups in total. The van der Waals surface area contributed by atoms with E-state index in [1.807, 2.05) is 0 Å². The topological polar surface area (TPSA) is 138 Å². The molecule has 186 valence electrons. The highest BCUT2D eigenvalue weighted by atomic mass is 32.2. The monoisotopic (exact) mass is 504 g/mol. The van der Waals surface area contributed by atoms with E-state index in [9.17, 15) is 32.0 Å². The average molecular weight is 505 g/mol. The molecule has 0 aromatic heterocycles. The van der Waals surface area contributed by atoms with Gasteiger partial charge in [-0.1, -0.05) is 38.1 Å². The minimum Gasteiger partial charge on any atom is -0.481 e. The van der Waals surface area contributed by atoms with Gasteiger partial charge in [-0.05, 0) is 30.2 Å². The maximum atomic E-state index is 13.5. The van der Waals surface area contributed by atoms with Gasteiger partial charge in [-0.15, -0.1) is 0 Å². The van der Waals surface area contributed by atoms with E-state index in [1.54, 1.807) is 38.1 Å². The summed E-state index contributed by atoms with van der Waals surface area (Å²) in [5.74, 6) is -5.23. The molecule has 0 spiro atoms. The molecule has 1 aliphatic heterocycles. The number of ketones is 1. The Morgan fingerprint density at radius 3 is 1.91 bits per heavy atom. The molecule has 2 atom stereocenters. The Morgan fingerprint density at radius 1 is 0.943 bits per heavy atom. The Labute approximate surface area is 201 Å². The summed E-state index contributed by atoms with van der Waals surface area (Å²) in [6.45, 7) is 1.89. The second-order valence-electron chi connectivity index (χ2n) is 8.48. The zero-order valence-corrected chi connectivity index (χ0v) is 19.9. The number of carbonyl (C=O) groups is 4. The molecule has 2 aromatic rings. The number of benzene rings is 2. The first-order chi connectivity index (χ1) is 16.5. The standard InChI is InChI=1S/C24H25FN2O7S/c1-14(2)15(24(32)26-16(12-23(30)31)19(28)13-25)11-22(29)27-17-7-3-5-9-20(17)35(33,34)21-10-6-4-8-18(21)27/h3-10,14-16H,11-13H2,1-2H3,(H,26,32)(H,30,31)/t15-,16?/m0/s1. The number of hydrogen-bond acceptors (Lipinski definition) is 6. The maximum Gasteiger partial charge on any atom is 0.305 e. The van der Waals surface area contributed by atoms with Crippen molar-refractivity contribution in [3.63, 3.8) is 0 Å². The largest absolute Gasteiger partial charge is 0.481 e. The van der Waals surface area contributed by atoms with E-state index in [4.69, 9.17) is 5.11 Å². The molecule has 0 saturated carbocycles. The Kier molecular flexibility index (Phi) is 7.69. The van der Waals surface area contributed by atoms with Crippen LogP contribution < -0.4 is 10.2 Å². The van der Waals surface area contributed by atoms with Crippen molar-refractivity contribution in [1.29, 1.82) is 0 Å². The van der Waals surface area contributed by atoms with Crippen molar-refractivity contribution in [1.82, 2.24) is 5.32 Å². The predicted octanol–water partition coefficient (Wildman–Crippen LogP) is 2.66. The van der Waals surface area contributed by atoms with Gasteiger partial charge < -0.3 is 10.4 Å². The van der Waals surface area contributed by atoms with Crippen molar-refractivity contribution in [2.24, 2.45) is 11.8 Å². The van der Waals surface area contributed by atoms with Gasteiger partial charge >= 0.3 is 5.97 Å². The van der Waals surface area contributed by atoms with Gasteiger partial charge in [0, 0.05) is 12.3 Å². The van der Waals surface area contributed by atoms with Crippen LogP contribution in [0.2, 0.25) is 0 Å². The van der Waals surface area contributed by atoms with Gasteiger partial charge in [-0.3, -0.25) is 24.1 Å². The summed E-state index contributed by atoms with van der Waals surface area (Å²) in [5.41, 5.74) is 0.297. The fraction of sp³-hybridized carbons (Fsp3) is 0.333. The van der Waals surface area contributed by atoms with Crippen LogP contribution in [-0.2, 0) is 29.0 Å². The highest BCUT2D eigenvalue weighted by molar-refractivity contribution is 7.92. The number of nitrogens with zero attached hydrogens (tertiary/aromatic N) is 1. The zero-order chi connectivity index (χ0) is 25.9. The molecule has 11 heteroatoms. The number of nitrogens with one attached hydrogen (secondary N) is 1. The van der Waals surface area contributed by atoms with E-state index in [2.05, 4.69) is 5.32 Å². The van der Waals surface area contributed by atoms with Crippen LogP contribution in [-0.4, -0.2) is 49.8 Å². The number of amides is 2. The molecular weight excluding hydrogens is 479 g/mol. The molecule has 0 aliphatic carbocycles. The number of para-hydroxylation sites is 2. The first-order valence-electron chi connectivity index (χ1n) is 10.9. The van der Waals surface area contributed by atoms with E-state index < -0.39 is 64.4 Å². The fourth-order valence-electron chi connectivity index (χ4n) is 3.96. The van der Waals surface area contributed by atoms with E-state index in [0.717, 1.165) is 0 Å². The molecule has 2 aromatic carbocycles. The number of fused-ring (bicyclic) bond motifs is 2. The number of carbonyl (C=O) groups excluding carboxylic acids is 3. The molecule has 0 radical (unpaired) electrons. The lowest BCUT2D eigenvalue weighted by atomic mass is 9.90. The van der Waals surface area contributed by atoms with Gasteiger partial charge in [0.15, 0.2) is 5.78 Å². The van der Waals surface area contributed by atoms with Crippen LogP contribution in [0.4, 0.5) is 15.8 Å². The number of Topliss-reactive ketones (excluding diaryl/α,β-unsaturated/α-hetero) is 1. The molecule has 9 nitrogen and oxygen atoms in total. The molecule has 0 bridgehead atoms. The lowest BCUT2D eigenvalue weighted by molar-refractivity contribution is -0.141. The van der Waals surface area contributed by atoms with Gasteiger partial charge in [0.1, 0.15) is 12.7 Å². The number of anilines is 2. The Morgan fingerprint density at radius 2 is 1.46 bits per heavy atom. The highest BCUT2D eigenvalue weighted by Gasteiger charge is 2.38. The summed E-state index contributed by atoms with van der Waals surface area (Å²) in [4.78, 5) is 50.5. The van der Waals surface area contributed by atoms with Crippen molar-refractivity contribution in [2.75, 3.05) is 11.6 Å². The number of carboxylic acids is 1. The van der Waals surface area contributed by atoms with Gasteiger partial charge in [-0.2, -0.15) is 0 Å². The molecule has 0 saturated heterocycles. The van der Waals surface area contributed by atoms with E-state index in [1.165, 1.54) is 29.2 Å². The van der Waals surface area contributed by atoms with Gasteiger partial charge in [0.05, 0.1) is 27.6 Å². The molecule has 35 heavy (non-hydrogen) atoms. The van der Waals surface area contributed by atoms with Crippen LogP contribution >= 0.6 is 0 Å². The summed E-state index contributed by atoms with van der Waals surface area (Å²) in [5, 5.41) is 11.3. The average Bonchev–Trinajstić information content (AvgIpc) is 2.81. The number of sulfone groups is 1. The van der Waals surface area contributed by atoms with Gasteiger partial charge in [0.25, 0.3) is 0 Å². The van der Waals surface area contributed by atoms with Gasteiger partial charge in [-0.25, -0.2) is 12.8 Å². The number of hydrogen-bond donors (Lipinski definition) is 2. The molecule has 1 aliphatic rings. The Hall–Kier alpha value is -3.60. The maximum absolute atomic E-state index is 13.5. The quantitative estimate of drug-likeness (QED) is 0.535. The number of rotatable bonds is 9. The van der Waals surface area contributed by atoms with Crippen LogP contribution in [0.5, 0.6) is 0 Å². The summed E-state index contributed by atoms with van der Waals surface area (Å²) in [6.07, 6.45) is -1.16. The predicted molar refractivity (Wildman–Crippen MR) is 124 cm³/mol. The van der Waals surface area contributed by atoms with Crippen LogP contribution in [0.1, 0.15) is 26.7 Å². The third kappa shape index (κ3) is 5.24.